The van der Waals surface area contributed by atoms with Crippen molar-refractivity contribution in [3.05, 3.63) is 0 Å². The average molecular weight is 258 g/mol. The second kappa shape index (κ2) is 4.83. The Morgan fingerprint density at radius 3 is 2.50 bits per heavy atom. The van der Waals surface area contributed by atoms with Gasteiger partial charge in [0.15, 0.2) is 0 Å². The lowest BCUT2D eigenvalue weighted by molar-refractivity contribution is -0.152. The summed E-state index contributed by atoms with van der Waals surface area (Å²) in [5, 5.41) is 18.6. The molecule has 0 bridgehead atoms. The zero-order valence-electron chi connectivity index (χ0n) is 10.0. The fraction of sp³-hybridized carbons (Fsp3) is 0.818. The van der Waals surface area contributed by atoms with Gasteiger partial charge in [-0.1, -0.05) is 0 Å². The Morgan fingerprint density at radius 2 is 1.94 bits per heavy atom. The van der Waals surface area contributed by atoms with Crippen LogP contribution in [0.5, 0.6) is 0 Å². The Kier molecular flexibility index (Phi) is 3.56. The highest BCUT2D eigenvalue weighted by molar-refractivity contribution is 5.90. The molecule has 2 atom stereocenters. The van der Waals surface area contributed by atoms with Crippen LogP contribution in [0.15, 0.2) is 0 Å². The largest absolute Gasteiger partial charge is 0.480 e. The molecule has 7 nitrogen and oxygen atoms in total. The van der Waals surface area contributed by atoms with Gasteiger partial charge in [0.1, 0.15) is 6.04 Å². The molecular weight excluding hydrogens is 240 g/mol. The number of carbonyl (C=O) groups excluding carboxylic acids is 1. The second-order valence-electron chi connectivity index (χ2n) is 4.97. The number of aliphatic hydroxyl groups excluding tert-OH is 1. The summed E-state index contributed by atoms with van der Waals surface area (Å²) in [4.78, 5) is 24.6. The molecule has 2 aliphatic rings. The Balaban J connectivity index is 2.14. The fourth-order valence-corrected chi connectivity index (χ4v) is 2.51. The van der Waals surface area contributed by atoms with Crippen LogP contribution in [-0.4, -0.2) is 64.4 Å². The summed E-state index contributed by atoms with van der Waals surface area (Å²) < 4.78 is 5.16. The number of carboxylic acids is 1. The van der Waals surface area contributed by atoms with Crippen molar-refractivity contribution < 1.29 is 24.5 Å². The number of likely N-dealkylation sites (tertiary alicyclic amines) is 1. The minimum Gasteiger partial charge on any atom is -0.480 e. The predicted octanol–water partition coefficient (Wildman–Crippen LogP) is -1.46. The number of ether oxygens (including phenoxy) is 1. The van der Waals surface area contributed by atoms with E-state index >= 15 is 0 Å². The van der Waals surface area contributed by atoms with Crippen LogP contribution in [0.3, 0.4) is 0 Å². The first-order valence-corrected chi connectivity index (χ1v) is 6.02. The van der Waals surface area contributed by atoms with Gasteiger partial charge in [-0.2, -0.15) is 0 Å². The number of aliphatic carboxylic acids is 1. The number of hydrogen-bond donors (Lipinski definition) is 3. The summed E-state index contributed by atoms with van der Waals surface area (Å²) in [7, 11) is 0. The first kappa shape index (κ1) is 13.3. The van der Waals surface area contributed by atoms with E-state index in [0.29, 0.717) is 26.1 Å². The number of β-amino-alcohol motifs (C(OH)–C–C–N with tert-alkyl or cyclic N) is 1. The highest BCUT2D eigenvalue weighted by Crippen LogP contribution is 2.26. The maximum atomic E-state index is 12.4. The van der Waals surface area contributed by atoms with Crippen LogP contribution in [0.2, 0.25) is 0 Å². The van der Waals surface area contributed by atoms with Crippen LogP contribution in [0.1, 0.15) is 19.3 Å². The molecule has 2 fully saturated rings. The van der Waals surface area contributed by atoms with Gasteiger partial charge in [0.05, 0.1) is 11.6 Å². The second-order valence-corrected chi connectivity index (χ2v) is 4.97. The van der Waals surface area contributed by atoms with Crippen LogP contribution >= 0.6 is 0 Å². The molecular formula is C11H18N2O5. The van der Waals surface area contributed by atoms with Gasteiger partial charge in [-0.05, 0) is 12.8 Å². The third-order valence-corrected chi connectivity index (χ3v) is 3.64. The lowest BCUT2D eigenvalue weighted by Crippen LogP contribution is -2.59. The van der Waals surface area contributed by atoms with Crippen molar-refractivity contribution >= 4 is 11.9 Å². The van der Waals surface area contributed by atoms with E-state index in [1.165, 1.54) is 4.90 Å². The molecule has 0 aromatic heterocycles. The Morgan fingerprint density at radius 1 is 1.33 bits per heavy atom. The number of hydrogen-bond acceptors (Lipinski definition) is 5. The highest BCUT2D eigenvalue weighted by Gasteiger charge is 2.46. The van der Waals surface area contributed by atoms with Crippen LogP contribution in [0, 0.1) is 0 Å². The van der Waals surface area contributed by atoms with E-state index in [4.69, 9.17) is 15.6 Å². The molecule has 0 saturated carbocycles. The molecule has 0 aliphatic carbocycles. The molecule has 102 valence electrons. The van der Waals surface area contributed by atoms with Gasteiger partial charge in [-0.3, -0.25) is 4.79 Å². The van der Waals surface area contributed by atoms with E-state index < -0.39 is 29.6 Å². The quantitative estimate of drug-likeness (QED) is 0.558. The third-order valence-electron chi connectivity index (χ3n) is 3.64. The van der Waals surface area contributed by atoms with E-state index in [2.05, 4.69) is 0 Å². The first-order valence-electron chi connectivity index (χ1n) is 6.02. The van der Waals surface area contributed by atoms with Crippen molar-refractivity contribution in [2.45, 2.75) is 36.9 Å². The number of rotatable bonds is 2. The monoisotopic (exact) mass is 258 g/mol. The number of nitrogens with zero attached hydrogens (tertiary/aromatic N) is 1. The van der Waals surface area contributed by atoms with Crippen molar-refractivity contribution in [1.29, 1.82) is 0 Å². The summed E-state index contributed by atoms with van der Waals surface area (Å²) in [5.41, 5.74) is 4.98. The van der Waals surface area contributed by atoms with E-state index in [9.17, 15) is 14.7 Å². The number of aliphatic hydroxyl groups is 1. The highest BCUT2D eigenvalue weighted by atomic mass is 16.5. The van der Waals surface area contributed by atoms with Crippen LogP contribution in [0.4, 0.5) is 0 Å². The summed E-state index contributed by atoms with van der Waals surface area (Å²) in [6.45, 7) is 0.836. The number of amides is 1. The zero-order valence-corrected chi connectivity index (χ0v) is 10.0. The topological polar surface area (TPSA) is 113 Å². The van der Waals surface area contributed by atoms with Crippen LogP contribution in [-0.2, 0) is 14.3 Å². The predicted molar refractivity (Wildman–Crippen MR) is 60.7 cm³/mol. The molecule has 2 rings (SSSR count). The third kappa shape index (κ3) is 2.33. The van der Waals surface area contributed by atoms with E-state index in [-0.39, 0.29) is 13.0 Å². The normalized spacial score (nSPS) is 31.3. The Hall–Kier alpha value is -1.18. The minimum absolute atomic E-state index is 0.0373. The van der Waals surface area contributed by atoms with Crippen molar-refractivity contribution in [3.63, 3.8) is 0 Å². The van der Waals surface area contributed by atoms with Crippen molar-refractivity contribution in [1.82, 2.24) is 4.90 Å². The molecule has 2 aliphatic heterocycles. The summed E-state index contributed by atoms with van der Waals surface area (Å²) in [5.74, 6) is -1.50. The van der Waals surface area contributed by atoms with Crippen molar-refractivity contribution in [2.75, 3.05) is 19.8 Å². The maximum absolute atomic E-state index is 12.4. The number of carbonyl (C=O) groups is 2. The molecule has 0 aromatic carbocycles. The Labute approximate surface area is 105 Å². The molecule has 4 N–H and O–H groups in total. The molecule has 0 spiro atoms. The molecule has 7 heteroatoms. The number of nitrogens with two attached hydrogens (primary N) is 1. The van der Waals surface area contributed by atoms with Gasteiger partial charge in [0, 0.05) is 26.2 Å². The van der Waals surface area contributed by atoms with Crippen molar-refractivity contribution in [2.24, 2.45) is 5.73 Å². The average Bonchev–Trinajstić information content (AvgIpc) is 2.71. The smallest absolute Gasteiger partial charge is 0.326 e. The van der Waals surface area contributed by atoms with Gasteiger partial charge in [0.2, 0.25) is 5.91 Å². The molecule has 2 heterocycles. The molecule has 18 heavy (non-hydrogen) atoms. The SMILES string of the molecule is NC1(C(=O)N2CC(O)CC2C(=O)O)CCOCC1. The van der Waals surface area contributed by atoms with Crippen LogP contribution < -0.4 is 5.73 Å². The molecule has 0 aromatic rings. The van der Waals surface area contributed by atoms with Gasteiger partial charge < -0.3 is 25.6 Å². The van der Waals surface area contributed by atoms with E-state index in [1.54, 1.807) is 0 Å². The van der Waals surface area contributed by atoms with Crippen LogP contribution in [0.25, 0.3) is 0 Å². The van der Waals surface area contributed by atoms with Gasteiger partial charge >= 0.3 is 5.97 Å². The Bertz CT molecular complexity index is 353. The molecule has 2 saturated heterocycles. The summed E-state index contributed by atoms with van der Waals surface area (Å²) >= 11 is 0. The van der Waals surface area contributed by atoms with Gasteiger partial charge in [-0.15, -0.1) is 0 Å². The van der Waals surface area contributed by atoms with E-state index in [0.717, 1.165) is 0 Å². The zero-order chi connectivity index (χ0) is 13.3. The maximum Gasteiger partial charge on any atom is 0.326 e. The van der Waals surface area contributed by atoms with Gasteiger partial charge in [-0.25, -0.2) is 4.79 Å². The molecule has 0 radical (unpaired) electrons. The fourth-order valence-electron chi connectivity index (χ4n) is 2.51. The van der Waals surface area contributed by atoms with E-state index in [1.807, 2.05) is 0 Å². The minimum atomic E-state index is -1.10. The summed E-state index contributed by atoms with van der Waals surface area (Å²) in [6.07, 6.45) is 0.0295. The molecule has 1 amide bonds. The summed E-state index contributed by atoms with van der Waals surface area (Å²) in [6, 6.07) is -0.976. The van der Waals surface area contributed by atoms with Gasteiger partial charge in [0.25, 0.3) is 0 Å². The standard InChI is InChI=1S/C11H18N2O5/c12-11(1-3-18-4-2-11)10(17)13-6-7(14)5-8(13)9(15)16/h7-8,14H,1-6,12H2,(H,15,16). The lowest BCUT2D eigenvalue weighted by atomic mass is 9.89. The first-order chi connectivity index (χ1) is 8.44. The van der Waals surface area contributed by atoms with Crippen molar-refractivity contribution in [3.8, 4) is 0 Å². The lowest BCUT2D eigenvalue weighted by Gasteiger charge is -2.36. The number of carboxylic acid groups (broad SMARTS) is 1. The molecule has 2 unspecified atom stereocenters.